The number of hydrogen-bond donors (Lipinski definition) is 1. The lowest BCUT2D eigenvalue weighted by Gasteiger charge is -2.27. The van der Waals surface area contributed by atoms with E-state index in [1.54, 1.807) is 33.2 Å². The van der Waals surface area contributed by atoms with Crippen molar-refractivity contribution < 1.29 is 19.1 Å². The van der Waals surface area contributed by atoms with Crippen LogP contribution in [0.25, 0.3) is 21.7 Å². The van der Waals surface area contributed by atoms with Crippen molar-refractivity contribution in [1.82, 2.24) is 14.6 Å². The van der Waals surface area contributed by atoms with Gasteiger partial charge in [0.1, 0.15) is 0 Å². The maximum atomic E-state index is 14.9. The zero-order chi connectivity index (χ0) is 21.5. The van der Waals surface area contributed by atoms with E-state index < -0.39 is 18.0 Å². The predicted molar refractivity (Wildman–Crippen MR) is 109 cm³/mol. The molecule has 154 valence electrons. The van der Waals surface area contributed by atoms with Gasteiger partial charge in [-0.3, -0.25) is 9.78 Å². The third kappa shape index (κ3) is 3.74. The highest BCUT2D eigenvalue weighted by molar-refractivity contribution is 6.06. The van der Waals surface area contributed by atoms with Crippen LogP contribution in [-0.2, 0) is 7.05 Å². The van der Waals surface area contributed by atoms with Gasteiger partial charge >= 0.3 is 6.09 Å². The van der Waals surface area contributed by atoms with Gasteiger partial charge in [-0.2, -0.15) is 0 Å². The Labute approximate surface area is 167 Å². The van der Waals surface area contributed by atoms with Crippen LogP contribution < -0.4 is 10.4 Å². The number of carboxylic acid groups (broad SMARTS) is 1. The van der Waals surface area contributed by atoms with Crippen LogP contribution in [0.5, 0.6) is 5.75 Å². The Morgan fingerprint density at radius 2 is 2.00 bits per heavy atom. The van der Waals surface area contributed by atoms with Gasteiger partial charge in [0.05, 0.1) is 22.6 Å². The summed E-state index contributed by atoms with van der Waals surface area (Å²) in [6.07, 6.45) is 0.807. The van der Waals surface area contributed by atoms with Gasteiger partial charge in [0, 0.05) is 24.7 Å². The van der Waals surface area contributed by atoms with E-state index in [0.717, 1.165) is 5.06 Å². The van der Waals surface area contributed by atoms with Crippen LogP contribution in [0.4, 0.5) is 9.18 Å². The van der Waals surface area contributed by atoms with Crippen molar-refractivity contribution in [1.29, 1.82) is 0 Å². The van der Waals surface area contributed by atoms with Crippen molar-refractivity contribution in [3.8, 4) is 5.75 Å². The van der Waals surface area contributed by atoms with Crippen LogP contribution in [0.2, 0.25) is 0 Å². The van der Waals surface area contributed by atoms with Crippen molar-refractivity contribution in [3.63, 3.8) is 0 Å². The number of aryl methyl sites for hydroxylation is 2. The molecule has 0 aliphatic carbocycles. The minimum absolute atomic E-state index is 0.237. The molecule has 1 unspecified atom stereocenters. The number of aromatic nitrogens is 2. The molecule has 0 spiro atoms. The summed E-state index contributed by atoms with van der Waals surface area (Å²) in [5.41, 5.74) is 0.732. The summed E-state index contributed by atoms with van der Waals surface area (Å²) in [4.78, 5) is 34.0. The summed E-state index contributed by atoms with van der Waals surface area (Å²) in [5.74, 6) is -0.730. The van der Waals surface area contributed by atoms with Crippen molar-refractivity contribution in [2.75, 3.05) is 0 Å². The molecule has 2 aromatic heterocycles. The average Bonchev–Trinajstić information content (AvgIpc) is 2.63. The maximum Gasteiger partial charge on any atom is 0.441 e. The molecule has 1 aromatic carbocycles. The van der Waals surface area contributed by atoms with Crippen molar-refractivity contribution in [2.24, 2.45) is 13.0 Å². The fourth-order valence-electron chi connectivity index (χ4n) is 3.65. The van der Waals surface area contributed by atoms with Crippen molar-refractivity contribution in [3.05, 3.63) is 46.3 Å². The Bertz CT molecular complexity index is 1160. The molecule has 0 saturated heterocycles. The summed E-state index contributed by atoms with van der Waals surface area (Å²) in [6, 6.07) is 3.82. The lowest BCUT2D eigenvalue weighted by Crippen LogP contribution is -2.41. The highest BCUT2D eigenvalue weighted by Gasteiger charge is 2.25. The predicted octanol–water partition coefficient (Wildman–Crippen LogP) is 4.24. The van der Waals surface area contributed by atoms with Gasteiger partial charge in [0.15, 0.2) is 11.6 Å². The number of halogens is 1. The number of nitrogens with zero attached hydrogens (tertiary/aromatic N) is 3. The molecule has 0 aliphatic heterocycles. The van der Waals surface area contributed by atoms with E-state index in [4.69, 9.17) is 4.84 Å². The molecular weight excluding hydrogens is 377 g/mol. The Kier molecular flexibility index (Phi) is 5.46. The molecule has 8 heteroatoms. The van der Waals surface area contributed by atoms with Gasteiger partial charge in [0.2, 0.25) is 0 Å². The molecule has 1 amide bonds. The van der Waals surface area contributed by atoms with Crippen LogP contribution in [0.1, 0.15) is 32.9 Å². The molecule has 7 nitrogen and oxygen atoms in total. The van der Waals surface area contributed by atoms with Crippen LogP contribution >= 0.6 is 0 Å². The van der Waals surface area contributed by atoms with E-state index in [0.29, 0.717) is 33.8 Å². The summed E-state index contributed by atoms with van der Waals surface area (Å²) in [7, 11) is 1.58. The smallest absolute Gasteiger partial charge is 0.441 e. The first-order chi connectivity index (χ1) is 13.6. The number of hydrogen-bond acceptors (Lipinski definition) is 4. The lowest BCUT2D eigenvalue weighted by molar-refractivity contribution is -0.0705. The van der Waals surface area contributed by atoms with Gasteiger partial charge in [-0.25, -0.2) is 9.18 Å². The van der Waals surface area contributed by atoms with Gasteiger partial charge < -0.3 is 14.5 Å². The van der Waals surface area contributed by atoms with E-state index in [9.17, 15) is 19.1 Å². The fourth-order valence-corrected chi connectivity index (χ4v) is 3.65. The van der Waals surface area contributed by atoms with Crippen molar-refractivity contribution in [2.45, 2.75) is 40.2 Å². The van der Waals surface area contributed by atoms with Gasteiger partial charge in [0.25, 0.3) is 5.56 Å². The number of hydroxylamine groups is 2. The number of rotatable bonds is 5. The van der Waals surface area contributed by atoms with E-state index in [2.05, 4.69) is 4.98 Å². The largest absolute Gasteiger partial charge is 0.463 e. The fraction of sp³-hybridized carbons (Fsp3) is 0.381. The minimum atomic E-state index is -1.31. The van der Waals surface area contributed by atoms with Crippen LogP contribution in [0.15, 0.2) is 29.2 Å². The van der Waals surface area contributed by atoms with Crippen molar-refractivity contribution >= 4 is 27.8 Å². The second kappa shape index (κ2) is 7.69. The summed E-state index contributed by atoms with van der Waals surface area (Å²) >= 11 is 0. The summed E-state index contributed by atoms with van der Waals surface area (Å²) in [6.45, 7) is 7.35. The molecule has 0 fully saturated rings. The summed E-state index contributed by atoms with van der Waals surface area (Å²) < 4.78 is 16.3. The number of pyridine rings is 2. The topological polar surface area (TPSA) is 84.7 Å². The lowest BCUT2D eigenvalue weighted by atomic mass is 10.1. The van der Waals surface area contributed by atoms with E-state index in [1.807, 2.05) is 13.8 Å². The zero-order valence-electron chi connectivity index (χ0n) is 17.1. The Balaban J connectivity index is 2.17. The minimum Gasteiger partial charge on any atom is -0.463 e. The number of amides is 1. The first-order valence-corrected chi connectivity index (χ1v) is 9.39. The number of benzene rings is 1. The Morgan fingerprint density at radius 1 is 1.31 bits per heavy atom. The first-order valence-electron chi connectivity index (χ1n) is 9.39. The number of carbonyl (C=O) groups is 1. The molecule has 3 aromatic rings. The van der Waals surface area contributed by atoms with Gasteiger partial charge in [-0.15, -0.1) is 5.06 Å². The molecule has 0 aliphatic rings. The molecule has 0 radical (unpaired) electrons. The summed E-state index contributed by atoms with van der Waals surface area (Å²) in [5, 5.41) is 11.8. The van der Waals surface area contributed by atoms with Crippen LogP contribution in [0, 0.1) is 18.7 Å². The third-order valence-electron chi connectivity index (χ3n) is 4.96. The molecule has 2 heterocycles. The molecule has 1 atom stereocenters. The highest BCUT2D eigenvalue weighted by Crippen LogP contribution is 2.30. The standard InChI is InChI=1S/C21H24FN3O4/c1-11(2)8-12(3)25(21(27)28)29-18-10-17-15(9-16(18)22)14-6-7-23-13(4)19(14)20(26)24(17)5/h6-7,9-12H,8H2,1-5H3,(H,27,28). The van der Waals surface area contributed by atoms with E-state index in [1.165, 1.54) is 16.7 Å². The average molecular weight is 401 g/mol. The molecule has 0 saturated carbocycles. The SMILES string of the molecule is Cc1nccc2c1c(=O)n(C)c1cc(ON(C(=O)O)C(C)CC(C)C)c(F)cc21. The highest BCUT2D eigenvalue weighted by atomic mass is 19.1. The van der Waals surface area contributed by atoms with Gasteiger partial charge in [-0.1, -0.05) is 13.8 Å². The monoisotopic (exact) mass is 401 g/mol. The van der Waals surface area contributed by atoms with Crippen LogP contribution in [0.3, 0.4) is 0 Å². The molecular formula is C21H24FN3O4. The molecule has 1 N–H and O–H groups in total. The normalized spacial score (nSPS) is 12.5. The second-order valence-electron chi connectivity index (χ2n) is 7.66. The van der Waals surface area contributed by atoms with Crippen LogP contribution in [-0.4, -0.2) is 31.9 Å². The second-order valence-corrected chi connectivity index (χ2v) is 7.66. The first kappa shape index (κ1) is 20.6. The quantitative estimate of drug-likeness (QED) is 0.511. The van der Waals surface area contributed by atoms with E-state index >= 15 is 0 Å². The molecule has 3 rings (SSSR count). The zero-order valence-corrected chi connectivity index (χ0v) is 17.1. The maximum absolute atomic E-state index is 14.9. The molecule has 0 bridgehead atoms. The Morgan fingerprint density at radius 3 is 2.62 bits per heavy atom. The molecule has 29 heavy (non-hydrogen) atoms. The van der Waals surface area contributed by atoms with Gasteiger partial charge in [-0.05, 0) is 43.7 Å². The number of fused-ring (bicyclic) bond motifs is 3. The van der Waals surface area contributed by atoms with E-state index in [-0.39, 0.29) is 17.2 Å². The third-order valence-corrected chi connectivity index (χ3v) is 4.96. The Hall–Kier alpha value is -3.16.